The van der Waals surface area contributed by atoms with Crippen LogP contribution in [-0.2, 0) is 6.18 Å². The molecule has 27 heavy (non-hydrogen) atoms. The van der Waals surface area contributed by atoms with Crippen molar-refractivity contribution in [3.8, 4) is 0 Å². The first-order valence-corrected chi connectivity index (χ1v) is 8.44. The quantitative estimate of drug-likeness (QED) is 0.817. The maximum absolute atomic E-state index is 13.0. The lowest BCUT2D eigenvalue weighted by Gasteiger charge is -2.16. The van der Waals surface area contributed by atoms with Gasteiger partial charge in [-0.15, -0.1) is 0 Å². The van der Waals surface area contributed by atoms with Gasteiger partial charge in [0, 0.05) is 13.6 Å². The standard InChI is InChI=1S/C19H20F3N3O2/c1-3-4-12-25(2)18(27)16-11-7-10-15(23-16)17(26)24-14-9-6-5-8-13(14)19(20,21)22/h5-11H,3-4,12H2,1-2H3,(H,24,26). The number of nitrogens with one attached hydrogen (secondary N) is 1. The molecule has 0 unspecified atom stereocenters. The van der Waals surface area contributed by atoms with E-state index < -0.39 is 17.6 Å². The van der Waals surface area contributed by atoms with Gasteiger partial charge in [0.2, 0.25) is 0 Å². The van der Waals surface area contributed by atoms with Crippen molar-refractivity contribution in [2.45, 2.75) is 25.9 Å². The zero-order valence-corrected chi connectivity index (χ0v) is 15.0. The van der Waals surface area contributed by atoms with Crippen LogP contribution in [0.25, 0.3) is 0 Å². The van der Waals surface area contributed by atoms with Crippen LogP contribution in [0.2, 0.25) is 0 Å². The fourth-order valence-electron chi connectivity index (χ4n) is 2.40. The van der Waals surface area contributed by atoms with Gasteiger partial charge in [-0.3, -0.25) is 9.59 Å². The van der Waals surface area contributed by atoms with Crippen LogP contribution >= 0.6 is 0 Å². The van der Waals surface area contributed by atoms with Crippen molar-refractivity contribution >= 4 is 17.5 Å². The molecule has 2 amide bonds. The van der Waals surface area contributed by atoms with Crippen LogP contribution in [0.1, 0.15) is 46.3 Å². The number of benzene rings is 1. The van der Waals surface area contributed by atoms with Gasteiger partial charge in [-0.25, -0.2) is 4.98 Å². The number of halogens is 3. The van der Waals surface area contributed by atoms with Crippen LogP contribution in [0.15, 0.2) is 42.5 Å². The highest BCUT2D eigenvalue weighted by atomic mass is 19.4. The molecule has 0 aliphatic carbocycles. The normalized spacial score (nSPS) is 11.1. The van der Waals surface area contributed by atoms with E-state index in [2.05, 4.69) is 10.3 Å². The summed E-state index contributed by atoms with van der Waals surface area (Å²) in [5, 5.41) is 2.22. The van der Waals surface area contributed by atoms with Gasteiger partial charge in [0.1, 0.15) is 11.4 Å². The average Bonchev–Trinajstić information content (AvgIpc) is 2.65. The lowest BCUT2D eigenvalue weighted by Crippen LogP contribution is -2.29. The molecule has 1 N–H and O–H groups in total. The second-order valence-electron chi connectivity index (χ2n) is 5.99. The first kappa shape index (κ1) is 20.4. The van der Waals surface area contributed by atoms with Crippen LogP contribution in [-0.4, -0.2) is 35.3 Å². The highest BCUT2D eigenvalue weighted by molar-refractivity contribution is 6.04. The minimum absolute atomic E-state index is 0.0605. The maximum Gasteiger partial charge on any atom is 0.418 e. The molecule has 0 fully saturated rings. The number of unbranched alkanes of at least 4 members (excludes halogenated alkanes) is 1. The van der Waals surface area contributed by atoms with Gasteiger partial charge in [0.05, 0.1) is 11.3 Å². The molecule has 8 heteroatoms. The van der Waals surface area contributed by atoms with Gasteiger partial charge in [-0.1, -0.05) is 31.5 Å². The van der Waals surface area contributed by atoms with Gasteiger partial charge in [0.25, 0.3) is 11.8 Å². The number of amides is 2. The number of carbonyl (C=O) groups is 2. The molecule has 0 saturated heterocycles. The number of hydrogen-bond acceptors (Lipinski definition) is 3. The molecule has 0 atom stereocenters. The van der Waals surface area contributed by atoms with E-state index >= 15 is 0 Å². The van der Waals surface area contributed by atoms with Gasteiger partial charge in [-0.05, 0) is 30.7 Å². The zero-order valence-electron chi connectivity index (χ0n) is 15.0. The fourth-order valence-corrected chi connectivity index (χ4v) is 2.40. The molecule has 5 nitrogen and oxygen atoms in total. The van der Waals surface area contributed by atoms with Crippen molar-refractivity contribution in [3.63, 3.8) is 0 Å². The Labute approximate surface area is 155 Å². The second-order valence-corrected chi connectivity index (χ2v) is 5.99. The van der Waals surface area contributed by atoms with Gasteiger partial charge >= 0.3 is 6.18 Å². The molecule has 0 aliphatic rings. The molecule has 144 valence electrons. The topological polar surface area (TPSA) is 62.3 Å². The van der Waals surface area contributed by atoms with Gasteiger partial charge < -0.3 is 10.2 Å². The smallest absolute Gasteiger partial charge is 0.340 e. The molecule has 0 saturated carbocycles. The summed E-state index contributed by atoms with van der Waals surface area (Å²) >= 11 is 0. The Morgan fingerprint density at radius 2 is 1.74 bits per heavy atom. The lowest BCUT2D eigenvalue weighted by atomic mass is 10.1. The number of aromatic nitrogens is 1. The summed E-state index contributed by atoms with van der Waals surface area (Å²) in [4.78, 5) is 30.2. The Balaban J connectivity index is 2.20. The molecule has 0 radical (unpaired) electrons. The number of rotatable bonds is 6. The van der Waals surface area contributed by atoms with Crippen LogP contribution in [0.3, 0.4) is 0 Å². The predicted molar refractivity (Wildman–Crippen MR) is 95.5 cm³/mol. The van der Waals surface area contributed by atoms with Crippen molar-refractivity contribution in [3.05, 3.63) is 59.4 Å². The number of carbonyl (C=O) groups excluding carboxylic acids is 2. The molecule has 0 bridgehead atoms. The van der Waals surface area contributed by atoms with Crippen molar-refractivity contribution in [1.82, 2.24) is 9.88 Å². The maximum atomic E-state index is 13.0. The first-order valence-electron chi connectivity index (χ1n) is 8.44. The predicted octanol–water partition coefficient (Wildman–Crippen LogP) is 4.22. The number of hydrogen-bond donors (Lipinski definition) is 1. The van der Waals surface area contributed by atoms with Crippen molar-refractivity contribution < 1.29 is 22.8 Å². The number of nitrogens with zero attached hydrogens (tertiary/aromatic N) is 2. The molecular weight excluding hydrogens is 359 g/mol. The van der Waals surface area contributed by atoms with E-state index in [4.69, 9.17) is 0 Å². The van der Waals surface area contributed by atoms with E-state index in [1.807, 2.05) is 6.92 Å². The minimum atomic E-state index is -4.60. The van der Waals surface area contributed by atoms with E-state index in [9.17, 15) is 22.8 Å². The third-order valence-corrected chi connectivity index (χ3v) is 3.88. The van der Waals surface area contributed by atoms with E-state index in [0.717, 1.165) is 25.0 Å². The molecule has 1 heterocycles. The van der Waals surface area contributed by atoms with E-state index in [0.29, 0.717) is 6.54 Å². The van der Waals surface area contributed by atoms with Crippen molar-refractivity contribution in [1.29, 1.82) is 0 Å². The Kier molecular flexibility index (Phi) is 6.55. The van der Waals surface area contributed by atoms with Crippen LogP contribution in [0.5, 0.6) is 0 Å². The van der Waals surface area contributed by atoms with E-state index in [-0.39, 0.29) is 23.0 Å². The SMILES string of the molecule is CCCCN(C)C(=O)c1cccc(C(=O)Nc2ccccc2C(F)(F)F)n1. The van der Waals surface area contributed by atoms with Crippen molar-refractivity contribution in [2.24, 2.45) is 0 Å². The Hall–Kier alpha value is -2.90. The summed E-state index contributed by atoms with van der Waals surface area (Å²) in [5.74, 6) is -1.17. The third-order valence-electron chi connectivity index (χ3n) is 3.88. The molecular formula is C19H20F3N3O2. The monoisotopic (exact) mass is 379 g/mol. The average molecular weight is 379 g/mol. The molecule has 1 aromatic carbocycles. The number of alkyl halides is 3. The number of pyridine rings is 1. The van der Waals surface area contributed by atoms with Crippen molar-refractivity contribution in [2.75, 3.05) is 18.9 Å². The summed E-state index contributed by atoms with van der Waals surface area (Å²) in [7, 11) is 1.63. The van der Waals surface area contributed by atoms with Crippen LogP contribution < -0.4 is 5.32 Å². The highest BCUT2D eigenvalue weighted by Gasteiger charge is 2.33. The molecule has 0 aliphatic heterocycles. The van der Waals surface area contributed by atoms with Crippen LogP contribution in [0, 0.1) is 0 Å². The van der Waals surface area contributed by atoms with Gasteiger partial charge in [-0.2, -0.15) is 13.2 Å². The molecule has 1 aromatic heterocycles. The van der Waals surface area contributed by atoms with E-state index in [1.165, 1.54) is 35.2 Å². The largest absolute Gasteiger partial charge is 0.418 e. The minimum Gasteiger partial charge on any atom is -0.340 e. The fraction of sp³-hybridized carbons (Fsp3) is 0.316. The van der Waals surface area contributed by atoms with Crippen LogP contribution in [0.4, 0.5) is 18.9 Å². The summed E-state index contributed by atoms with van der Waals surface area (Å²) < 4.78 is 39.1. The Bertz CT molecular complexity index is 822. The summed E-state index contributed by atoms with van der Waals surface area (Å²) in [5.41, 5.74) is -1.40. The summed E-state index contributed by atoms with van der Waals surface area (Å²) in [6, 6.07) is 8.95. The zero-order chi connectivity index (χ0) is 20.0. The Morgan fingerprint density at radius 3 is 2.41 bits per heavy atom. The second kappa shape index (κ2) is 8.66. The summed E-state index contributed by atoms with van der Waals surface area (Å²) in [6.45, 7) is 2.55. The Morgan fingerprint density at radius 1 is 1.07 bits per heavy atom. The molecule has 2 aromatic rings. The van der Waals surface area contributed by atoms with E-state index in [1.54, 1.807) is 7.05 Å². The number of para-hydroxylation sites is 1. The first-order chi connectivity index (χ1) is 12.7. The van der Waals surface area contributed by atoms with Gasteiger partial charge in [0.15, 0.2) is 0 Å². The third kappa shape index (κ3) is 5.29. The molecule has 0 spiro atoms. The molecule has 2 rings (SSSR count). The number of anilines is 1. The summed E-state index contributed by atoms with van der Waals surface area (Å²) in [6.07, 6.45) is -2.85. The highest BCUT2D eigenvalue weighted by Crippen LogP contribution is 2.34. The lowest BCUT2D eigenvalue weighted by molar-refractivity contribution is -0.136.